The number of hydrogen-bond donors (Lipinski definition) is 3. The van der Waals surface area contributed by atoms with E-state index in [4.69, 9.17) is 10.4 Å². The number of hydrazine groups is 1. The van der Waals surface area contributed by atoms with Crippen molar-refractivity contribution in [2.24, 2.45) is 5.84 Å². The van der Waals surface area contributed by atoms with E-state index < -0.39 is 5.91 Å². The molecule has 106 valence electrons. The van der Waals surface area contributed by atoms with Crippen molar-refractivity contribution in [3.63, 3.8) is 0 Å². The van der Waals surface area contributed by atoms with E-state index in [9.17, 15) is 4.79 Å². The molecule has 4 N–H and O–H groups in total. The summed E-state index contributed by atoms with van der Waals surface area (Å²) in [5, 5.41) is 6.90. The molecule has 0 aliphatic carbocycles. The fourth-order valence-electron chi connectivity index (χ4n) is 1.92. The van der Waals surface area contributed by atoms with Gasteiger partial charge in [0.05, 0.1) is 11.2 Å². The van der Waals surface area contributed by atoms with Crippen LogP contribution >= 0.6 is 0 Å². The van der Waals surface area contributed by atoms with Crippen LogP contribution in [0.2, 0.25) is 0 Å². The maximum Gasteiger partial charge on any atom is 0.328 e. The summed E-state index contributed by atoms with van der Waals surface area (Å²) >= 11 is 0. The number of amides is 1. The zero-order valence-electron chi connectivity index (χ0n) is 11.1. The molecule has 0 aliphatic rings. The number of anilines is 2. The molecule has 0 unspecified atom stereocenters. The summed E-state index contributed by atoms with van der Waals surface area (Å²) in [5.41, 5.74) is 4.01. The number of carbonyl (C=O) groups excluding carboxylic acids is 1. The zero-order valence-corrected chi connectivity index (χ0v) is 11.1. The van der Waals surface area contributed by atoms with Crippen LogP contribution in [0.5, 0.6) is 0 Å². The summed E-state index contributed by atoms with van der Waals surface area (Å²) in [5.74, 6) is 5.46. The largest absolute Gasteiger partial charge is 0.328 e. The Balaban J connectivity index is 1.98. The molecule has 0 bridgehead atoms. The van der Waals surface area contributed by atoms with Crippen molar-refractivity contribution < 1.29 is 9.32 Å². The normalized spacial score (nSPS) is 10.6. The predicted octanol–water partition coefficient (Wildman–Crippen LogP) is 1.46. The van der Waals surface area contributed by atoms with Gasteiger partial charge in [0.25, 0.3) is 5.91 Å². The van der Waals surface area contributed by atoms with E-state index in [0.29, 0.717) is 17.0 Å². The van der Waals surface area contributed by atoms with Crippen LogP contribution in [0, 0.1) is 6.92 Å². The second-order valence-corrected chi connectivity index (χ2v) is 4.32. The lowest BCUT2D eigenvalue weighted by molar-refractivity contribution is 0.101. The number of fused-ring (bicyclic) bond motifs is 1. The fraction of sp³-hybridized carbons (Fsp3) is 0.0769. The average Bonchev–Trinajstić information content (AvgIpc) is 2.91. The molecule has 0 aliphatic heterocycles. The van der Waals surface area contributed by atoms with Gasteiger partial charge < -0.3 is 9.95 Å². The molecular formula is C13H12N6O2. The van der Waals surface area contributed by atoms with Crippen molar-refractivity contribution in [2.75, 3.05) is 10.7 Å². The first-order valence-electron chi connectivity index (χ1n) is 6.15. The van der Waals surface area contributed by atoms with Crippen molar-refractivity contribution >= 4 is 28.5 Å². The molecule has 3 aromatic rings. The van der Waals surface area contributed by atoms with Crippen LogP contribution in [-0.2, 0) is 0 Å². The number of nitrogen functional groups attached to an aromatic ring is 1. The molecule has 0 saturated heterocycles. The third-order valence-corrected chi connectivity index (χ3v) is 2.85. The zero-order chi connectivity index (χ0) is 14.8. The Morgan fingerprint density at radius 1 is 1.29 bits per heavy atom. The molecule has 1 amide bonds. The van der Waals surface area contributed by atoms with Crippen molar-refractivity contribution in [1.29, 1.82) is 0 Å². The van der Waals surface area contributed by atoms with E-state index in [1.807, 2.05) is 18.2 Å². The lowest BCUT2D eigenvalue weighted by Gasteiger charge is -2.08. The highest BCUT2D eigenvalue weighted by Crippen LogP contribution is 2.22. The van der Waals surface area contributed by atoms with Crippen LogP contribution in [0.25, 0.3) is 10.9 Å². The first kappa shape index (κ1) is 13.0. The first-order valence-corrected chi connectivity index (χ1v) is 6.15. The Morgan fingerprint density at radius 3 is 2.81 bits per heavy atom. The second kappa shape index (κ2) is 5.17. The molecular weight excluding hydrogens is 272 g/mol. The van der Waals surface area contributed by atoms with E-state index in [0.717, 1.165) is 5.39 Å². The van der Waals surface area contributed by atoms with Crippen LogP contribution in [0.4, 0.5) is 11.7 Å². The lowest BCUT2D eigenvalue weighted by Crippen LogP contribution is -2.16. The molecule has 0 atom stereocenters. The molecule has 2 heterocycles. The minimum absolute atomic E-state index is 0.0229. The van der Waals surface area contributed by atoms with E-state index >= 15 is 0 Å². The minimum Gasteiger partial charge on any atom is -0.323 e. The van der Waals surface area contributed by atoms with E-state index in [2.05, 4.69) is 25.9 Å². The quantitative estimate of drug-likeness (QED) is 0.492. The van der Waals surface area contributed by atoms with Crippen LogP contribution in [0.1, 0.15) is 16.3 Å². The van der Waals surface area contributed by atoms with Gasteiger partial charge >= 0.3 is 6.01 Å². The summed E-state index contributed by atoms with van der Waals surface area (Å²) in [6, 6.07) is 8.94. The number of hydrogen-bond acceptors (Lipinski definition) is 7. The third-order valence-electron chi connectivity index (χ3n) is 2.85. The molecule has 1 aromatic carbocycles. The van der Waals surface area contributed by atoms with E-state index in [-0.39, 0.29) is 11.7 Å². The van der Waals surface area contributed by atoms with Crippen molar-refractivity contribution in [2.45, 2.75) is 6.92 Å². The van der Waals surface area contributed by atoms with Gasteiger partial charge in [-0.2, -0.15) is 4.98 Å². The molecule has 0 fully saturated rings. The Morgan fingerprint density at radius 2 is 2.10 bits per heavy atom. The Hall–Kier alpha value is -3.00. The second-order valence-electron chi connectivity index (χ2n) is 4.32. The van der Waals surface area contributed by atoms with Crippen LogP contribution in [-0.4, -0.2) is 21.0 Å². The highest BCUT2D eigenvalue weighted by atomic mass is 16.5. The van der Waals surface area contributed by atoms with Gasteiger partial charge in [-0.1, -0.05) is 23.4 Å². The summed E-state index contributed by atoms with van der Waals surface area (Å²) in [6.45, 7) is 1.66. The topological polar surface area (TPSA) is 119 Å². The Labute approximate surface area is 119 Å². The standard InChI is InChI=1S/C13H12N6O2/c1-7-15-13(21-19-7)17-12(20)11-6-10(18-14)8-4-2-3-5-9(8)16-11/h2-6H,14H2,1H3,(H,16,18)(H,15,17,19,20). The van der Waals surface area contributed by atoms with Gasteiger partial charge in [0.1, 0.15) is 5.69 Å². The number of benzene rings is 1. The summed E-state index contributed by atoms with van der Waals surface area (Å²) in [6.07, 6.45) is 0. The number of nitrogens with zero attached hydrogens (tertiary/aromatic N) is 3. The average molecular weight is 284 g/mol. The highest BCUT2D eigenvalue weighted by molar-refractivity contribution is 6.05. The molecule has 8 nitrogen and oxygen atoms in total. The number of para-hydroxylation sites is 1. The molecule has 3 rings (SSSR count). The SMILES string of the molecule is Cc1noc(NC(=O)c2cc(NN)c3ccccc3n2)n1. The van der Waals surface area contributed by atoms with E-state index in [1.165, 1.54) is 0 Å². The van der Waals surface area contributed by atoms with Gasteiger partial charge in [0, 0.05) is 5.39 Å². The smallest absolute Gasteiger partial charge is 0.323 e. The maximum atomic E-state index is 12.2. The Kier molecular flexibility index (Phi) is 3.20. The summed E-state index contributed by atoms with van der Waals surface area (Å²) < 4.78 is 4.84. The third kappa shape index (κ3) is 2.51. The predicted molar refractivity (Wildman–Crippen MR) is 76.5 cm³/mol. The first-order chi connectivity index (χ1) is 10.2. The van der Waals surface area contributed by atoms with E-state index in [1.54, 1.807) is 19.1 Å². The van der Waals surface area contributed by atoms with Crippen molar-refractivity contribution in [1.82, 2.24) is 15.1 Å². The fourth-order valence-corrected chi connectivity index (χ4v) is 1.92. The number of nitrogens with two attached hydrogens (primary N) is 1. The monoisotopic (exact) mass is 284 g/mol. The number of aromatic nitrogens is 3. The van der Waals surface area contributed by atoms with Crippen molar-refractivity contribution in [3.05, 3.63) is 41.9 Å². The summed E-state index contributed by atoms with van der Waals surface area (Å²) in [7, 11) is 0. The van der Waals surface area contributed by atoms with Crippen LogP contribution < -0.4 is 16.6 Å². The minimum atomic E-state index is -0.457. The Bertz CT molecular complexity index is 813. The molecule has 2 aromatic heterocycles. The summed E-state index contributed by atoms with van der Waals surface area (Å²) in [4.78, 5) is 20.4. The van der Waals surface area contributed by atoms with Gasteiger partial charge in [-0.25, -0.2) is 4.98 Å². The number of rotatable bonds is 3. The molecule has 21 heavy (non-hydrogen) atoms. The van der Waals surface area contributed by atoms with Gasteiger partial charge in [-0.05, 0) is 19.1 Å². The van der Waals surface area contributed by atoms with Gasteiger partial charge in [-0.3, -0.25) is 16.0 Å². The highest BCUT2D eigenvalue weighted by Gasteiger charge is 2.14. The molecule has 8 heteroatoms. The molecule has 0 spiro atoms. The van der Waals surface area contributed by atoms with Crippen LogP contribution in [0.15, 0.2) is 34.9 Å². The lowest BCUT2D eigenvalue weighted by atomic mass is 10.1. The van der Waals surface area contributed by atoms with Gasteiger partial charge in [0.2, 0.25) is 0 Å². The number of aryl methyl sites for hydroxylation is 1. The molecule has 0 saturated carbocycles. The van der Waals surface area contributed by atoms with Crippen molar-refractivity contribution in [3.8, 4) is 0 Å². The number of carbonyl (C=O) groups is 1. The maximum absolute atomic E-state index is 12.2. The molecule has 0 radical (unpaired) electrons. The number of nitrogens with one attached hydrogen (secondary N) is 2. The van der Waals surface area contributed by atoms with Gasteiger partial charge in [-0.15, -0.1) is 0 Å². The number of pyridine rings is 1. The van der Waals surface area contributed by atoms with Crippen LogP contribution in [0.3, 0.4) is 0 Å². The van der Waals surface area contributed by atoms with Gasteiger partial charge in [0.15, 0.2) is 5.82 Å².